The van der Waals surface area contributed by atoms with Gasteiger partial charge in [0.25, 0.3) is 0 Å². The van der Waals surface area contributed by atoms with Crippen LogP contribution in [0.4, 0.5) is 0 Å². The average molecular weight is 220 g/mol. The van der Waals surface area contributed by atoms with Crippen LogP contribution in [0.1, 0.15) is 27.7 Å². The van der Waals surface area contributed by atoms with E-state index < -0.39 is 11.6 Å². The zero-order valence-corrected chi connectivity index (χ0v) is 9.74. The van der Waals surface area contributed by atoms with Crippen LogP contribution in [0, 0.1) is 0 Å². The minimum atomic E-state index is -1.83. The molecule has 0 fully saturated rings. The van der Waals surface area contributed by atoms with Crippen LogP contribution in [-0.2, 0) is 14.3 Å². The van der Waals surface area contributed by atoms with Crippen LogP contribution < -0.4 is 0 Å². The minimum Gasteiger partial charge on any atom is -0.479 e. The lowest BCUT2D eigenvalue weighted by molar-refractivity contribution is -0.163. The molecule has 0 heterocycles. The smallest absolute Gasteiger partial charge is 0.337 e. The van der Waals surface area contributed by atoms with Gasteiger partial charge in [0, 0.05) is 0 Å². The van der Waals surface area contributed by atoms with Crippen LogP contribution >= 0.6 is 0 Å². The summed E-state index contributed by atoms with van der Waals surface area (Å²) in [6.07, 6.45) is 0. The van der Waals surface area contributed by atoms with Crippen LogP contribution in [-0.4, -0.2) is 47.2 Å². The van der Waals surface area contributed by atoms with Crippen molar-refractivity contribution in [2.24, 2.45) is 0 Å². The van der Waals surface area contributed by atoms with Gasteiger partial charge in [0.15, 0.2) is 5.60 Å². The number of carboxylic acid groups (broad SMARTS) is 1. The molecule has 90 valence electrons. The number of ether oxygens (including phenoxy) is 2. The number of rotatable bonds is 6. The van der Waals surface area contributed by atoms with Gasteiger partial charge in [0.1, 0.15) is 0 Å². The molecule has 1 unspecified atom stereocenters. The zero-order valence-electron chi connectivity index (χ0n) is 9.74. The molecule has 0 saturated carbocycles. The van der Waals surface area contributed by atoms with Gasteiger partial charge < -0.3 is 19.7 Å². The highest BCUT2D eigenvalue weighted by Gasteiger charge is 2.29. The lowest BCUT2D eigenvalue weighted by atomic mass is 10.1. The largest absolute Gasteiger partial charge is 0.479 e. The summed E-state index contributed by atoms with van der Waals surface area (Å²) in [7, 11) is 0. The van der Waals surface area contributed by atoms with E-state index in [1.807, 2.05) is 20.8 Å². The van der Waals surface area contributed by atoms with Crippen LogP contribution in [0.5, 0.6) is 0 Å². The van der Waals surface area contributed by atoms with Crippen LogP contribution in [0.15, 0.2) is 0 Å². The highest BCUT2D eigenvalue weighted by Crippen LogP contribution is 2.07. The fraction of sp³-hybridized carbons (Fsp3) is 0.900. The monoisotopic (exact) mass is 220 g/mol. The van der Waals surface area contributed by atoms with Gasteiger partial charge in [-0.15, -0.1) is 0 Å². The molecule has 0 radical (unpaired) electrons. The Bertz CT molecular complexity index is 204. The Morgan fingerprint density at radius 1 is 1.20 bits per heavy atom. The van der Waals surface area contributed by atoms with Crippen molar-refractivity contribution < 1.29 is 24.5 Å². The van der Waals surface area contributed by atoms with Gasteiger partial charge in [-0.1, -0.05) is 0 Å². The molecular weight excluding hydrogens is 200 g/mol. The second-order valence-electron chi connectivity index (χ2n) is 4.59. The van der Waals surface area contributed by atoms with Gasteiger partial charge in [-0.2, -0.15) is 0 Å². The normalized spacial score (nSPS) is 16.1. The Morgan fingerprint density at radius 2 is 1.73 bits per heavy atom. The number of aliphatic hydroxyl groups is 1. The maximum atomic E-state index is 10.5. The molecule has 1 atom stereocenters. The van der Waals surface area contributed by atoms with Crippen molar-refractivity contribution in [2.45, 2.75) is 38.9 Å². The molecule has 0 spiro atoms. The summed E-state index contributed by atoms with van der Waals surface area (Å²) in [5.41, 5.74) is -2.07. The first-order chi connectivity index (χ1) is 6.65. The predicted octanol–water partition coefficient (Wildman–Crippen LogP) is 0.654. The Morgan fingerprint density at radius 3 is 2.13 bits per heavy atom. The Labute approximate surface area is 90.0 Å². The Kier molecular flexibility index (Phi) is 5.20. The maximum absolute atomic E-state index is 10.5. The second-order valence-corrected chi connectivity index (χ2v) is 4.59. The highest BCUT2D eigenvalue weighted by molar-refractivity contribution is 5.76. The molecule has 0 bridgehead atoms. The number of hydrogen-bond donors (Lipinski definition) is 2. The molecule has 0 aliphatic carbocycles. The van der Waals surface area contributed by atoms with Crippen molar-refractivity contribution in [3.8, 4) is 0 Å². The van der Waals surface area contributed by atoms with E-state index >= 15 is 0 Å². The summed E-state index contributed by atoms with van der Waals surface area (Å²) >= 11 is 0. The van der Waals surface area contributed by atoms with E-state index in [1.165, 1.54) is 6.92 Å². The Balaban J connectivity index is 3.60. The molecule has 0 amide bonds. The van der Waals surface area contributed by atoms with Gasteiger partial charge in [0.2, 0.25) is 0 Å². The van der Waals surface area contributed by atoms with E-state index in [9.17, 15) is 9.90 Å². The van der Waals surface area contributed by atoms with Crippen LogP contribution in [0.25, 0.3) is 0 Å². The third-order valence-corrected chi connectivity index (χ3v) is 1.61. The summed E-state index contributed by atoms with van der Waals surface area (Å²) in [5, 5.41) is 17.9. The van der Waals surface area contributed by atoms with Gasteiger partial charge >= 0.3 is 5.97 Å². The summed E-state index contributed by atoms with van der Waals surface area (Å²) in [4.78, 5) is 10.5. The number of carboxylic acids is 1. The first-order valence-electron chi connectivity index (χ1n) is 4.83. The van der Waals surface area contributed by atoms with E-state index in [2.05, 4.69) is 0 Å². The van der Waals surface area contributed by atoms with E-state index in [-0.39, 0.29) is 18.8 Å². The average Bonchev–Trinajstić information content (AvgIpc) is 2.00. The standard InChI is InChI=1S/C10H20O5/c1-9(2,3)15-6-5-14-7-10(4,13)8(11)12/h13H,5-7H2,1-4H3,(H,11,12). The van der Waals surface area contributed by atoms with Gasteiger partial charge in [-0.3, -0.25) is 0 Å². The maximum Gasteiger partial charge on any atom is 0.337 e. The molecule has 0 aromatic heterocycles. The van der Waals surface area contributed by atoms with Crippen molar-refractivity contribution in [1.29, 1.82) is 0 Å². The number of hydrogen-bond acceptors (Lipinski definition) is 4. The molecule has 0 rings (SSSR count). The SMILES string of the molecule is CC(C)(C)OCCOCC(C)(O)C(=O)O. The van der Waals surface area contributed by atoms with Crippen molar-refractivity contribution >= 4 is 5.97 Å². The third-order valence-electron chi connectivity index (χ3n) is 1.61. The van der Waals surface area contributed by atoms with Crippen LogP contribution in [0.3, 0.4) is 0 Å². The lowest BCUT2D eigenvalue weighted by Crippen LogP contribution is -2.40. The second kappa shape index (κ2) is 5.44. The molecule has 0 aliphatic rings. The van der Waals surface area contributed by atoms with E-state index in [1.54, 1.807) is 0 Å². The number of aliphatic carboxylic acids is 1. The topological polar surface area (TPSA) is 76.0 Å². The van der Waals surface area contributed by atoms with E-state index in [0.29, 0.717) is 6.61 Å². The molecule has 0 saturated heterocycles. The predicted molar refractivity (Wildman–Crippen MR) is 54.8 cm³/mol. The van der Waals surface area contributed by atoms with Crippen molar-refractivity contribution in [1.82, 2.24) is 0 Å². The third kappa shape index (κ3) is 7.30. The van der Waals surface area contributed by atoms with Crippen molar-refractivity contribution in [3.63, 3.8) is 0 Å². The van der Waals surface area contributed by atoms with Gasteiger partial charge in [-0.05, 0) is 27.7 Å². The summed E-state index contributed by atoms with van der Waals surface area (Å²) in [6.45, 7) is 7.34. The van der Waals surface area contributed by atoms with E-state index in [0.717, 1.165) is 0 Å². The molecule has 2 N–H and O–H groups in total. The van der Waals surface area contributed by atoms with Crippen molar-refractivity contribution in [3.05, 3.63) is 0 Å². The minimum absolute atomic E-state index is 0.237. The summed E-state index contributed by atoms with van der Waals surface area (Å²) in [5.74, 6) is -1.29. The zero-order chi connectivity index (χ0) is 12.1. The fourth-order valence-corrected chi connectivity index (χ4v) is 0.739. The molecule has 0 aromatic rings. The van der Waals surface area contributed by atoms with Crippen LogP contribution in [0.2, 0.25) is 0 Å². The molecule has 15 heavy (non-hydrogen) atoms. The highest BCUT2D eigenvalue weighted by atomic mass is 16.5. The molecule has 0 aliphatic heterocycles. The van der Waals surface area contributed by atoms with Crippen molar-refractivity contribution in [2.75, 3.05) is 19.8 Å². The van der Waals surface area contributed by atoms with Gasteiger partial charge in [-0.25, -0.2) is 4.79 Å². The van der Waals surface area contributed by atoms with E-state index in [4.69, 9.17) is 14.6 Å². The Hall–Kier alpha value is -0.650. The number of carbonyl (C=O) groups is 1. The first kappa shape index (κ1) is 14.3. The summed E-state index contributed by atoms with van der Waals surface area (Å²) in [6, 6.07) is 0. The lowest BCUT2D eigenvalue weighted by Gasteiger charge is -2.21. The summed E-state index contributed by atoms with van der Waals surface area (Å²) < 4.78 is 10.3. The molecule has 5 heteroatoms. The molecule has 5 nitrogen and oxygen atoms in total. The fourth-order valence-electron chi connectivity index (χ4n) is 0.739. The molecular formula is C10H20O5. The quantitative estimate of drug-likeness (QED) is 0.643. The van der Waals surface area contributed by atoms with Gasteiger partial charge in [0.05, 0.1) is 25.4 Å². The first-order valence-corrected chi connectivity index (χ1v) is 4.83. The molecule has 0 aromatic carbocycles.